The zero-order valence-electron chi connectivity index (χ0n) is 12.8. The van der Waals surface area contributed by atoms with Crippen molar-refractivity contribution in [3.8, 4) is 11.4 Å². The molecular weight excluding hydrogens is 310 g/mol. The summed E-state index contributed by atoms with van der Waals surface area (Å²) < 4.78 is 7.58. The molecule has 0 saturated heterocycles. The van der Waals surface area contributed by atoms with Crippen LogP contribution in [0.3, 0.4) is 0 Å². The van der Waals surface area contributed by atoms with Crippen molar-refractivity contribution in [2.75, 3.05) is 13.7 Å². The topological polar surface area (TPSA) is 47.4 Å². The highest BCUT2D eigenvalue weighted by atomic mass is 32.1. The van der Waals surface area contributed by atoms with E-state index in [4.69, 9.17) is 4.74 Å². The quantitative estimate of drug-likeness (QED) is 0.699. The Bertz CT molecular complexity index is 754. The van der Waals surface area contributed by atoms with Crippen LogP contribution < -0.4 is 4.74 Å². The fourth-order valence-electron chi connectivity index (χ4n) is 2.19. The fraction of sp³-hybridized carbons (Fsp3) is 0.176. The van der Waals surface area contributed by atoms with Gasteiger partial charge in [0.25, 0.3) is 5.91 Å². The van der Waals surface area contributed by atoms with Crippen molar-refractivity contribution in [1.82, 2.24) is 14.5 Å². The first-order valence-corrected chi connectivity index (χ1v) is 8.13. The predicted molar refractivity (Wildman–Crippen MR) is 89.9 cm³/mol. The van der Waals surface area contributed by atoms with E-state index < -0.39 is 0 Å². The number of benzene rings is 1. The van der Waals surface area contributed by atoms with Crippen molar-refractivity contribution in [2.24, 2.45) is 0 Å². The van der Waals surface area contributed by atoms with Gasteiger partial charge < -0.3 is 14.2 Å². The average Bonchev–Trinajstić information content (AvgIpc) is 3.26. The largest absolute Gasteiger partial charge is 0.482 e. The summed E-state index contributed by atoms with van der Waals surface area (Å²) in [5.41, 5.74) is 1.99. The Balaban J connectivity index is 1.63. The summed E-state index contributed by atoms with van der Waals surface area (Å²) in [6, 6.07) is 9.60. The molecule has 0 fully saturated rings. The molecular formula is C17H17N3O2S. The van der Waals surface area contributed by atoms with E-state index in [1.807, 2.05) is 51.9 Å². The van der Waals surface area contributed by atoms with Gasteiger partial charge in [-0.25, -0.2) is 4.98 Å². The highest BCUT2D eigenvalue weighted by molar-refractivity contribution is 7.07. The number of hydrogen-bond donors (Lipinski definition) is 0. The molecule has 0 aliphatic heterocycles. The molecule has 1 amide bonds. The average molecular weight is 327 g/mol. The zero-order chi connectivity index (χ0) is 16.1. The van der Waals surface area contributed by atoms with Gasteiger partial charge in [0.1, 0.15) is 5.75 Å². The fourth-order valence-corrected chi connectivity index (χ4v) is 2.85. The minimum absolute atomic E-state index is 0.00630. The monoisotopic (exact) mass is 327 g/mol. The van der Waals surface area contributed by atoms with E-state index in [2.05, 4.69) is 4.98 Å². The van der Waals surface area contributed by atoms with Crippen molar-refractivity contribution in [1.29, 1.82) is 0 Å². The van der Waals surface area contributed by atoms with Crippen molar-refractivity contribution >= 4 is 17.2 Å². The summed E-state index contributed by atoms with van der Waals surface area (Å²) in [4.78, 5) is 17.9. The van der Waals surface area contributed by atoms with Crippen LogP contribution in [-0.2, 0) is 11.3 Å². The number of carbonyl (C=O) groups is 1. The highest BCUT2D eigenvalue weighted by Crippen LogP contribution is 2.22. The number of thiophene rings is 1. The number of aromatic nitrogens is 2. The van der Waals surface area contributed by atoms with Gasteiger partial charge in [-0.05, 0) is 34.5 Å². The molecule has 23 heavy (non-hydrogen) atoms. The summed E-state index contributed by atoms with van der Waals surface area (Å²) >= 11 is 1.63. The lowest BCUT2D eigenvalue weighted by molar-refractivity contribution is -0.132. The van der Waals surface area contributed by atoms with E-state index in [-0.39, 0.29) is 12.5 Å². The van der Waals surface area contributed by atoms with E-state index in [0.29, 0.717) is 12.3 Å². The molecule has 6 heteroatoms. The number of likely N-dealkylation sites (N-methyl/N-ethyl adjacent to an activating group) is 1. The number of imidazole rings is 1. The van der Waals surface area contributed by atoms with E-state index in [9.17, 15) is 4.79 Å². The minimum Gasteiger partial charge on any atom is -0.482 e. The number of rotatable bonds is 6. The van der Waals surface area contributed by atoms with Crippen LogP contribution >= 0.6 is 11.3 Å². The lowest BCUT2D eigenvalue weighted by Gasteiger charge is -2.18. The van der Waals surface area contributed by atoms with Crippen LogP contribution in [0.15, 0.2) is 59.8 Å². The second kappa shape index (κ2) is 7.11. The van der Waals surface area contributed by atoms with E-state index in [0.717, 1.165) is 11.3 Å². The summed E-state index contributed by atoms with van der Waals surface area (Å²) in [6.45, 7) is 0.598. The van der Waals surface area contributed by atoms with E-state index >= 15 is 0 Å². The summed E-state index contributed by atoms with van der Waals surface area (Å²) in [5, 5.41) is 4.05. The molecule has 0 spiro atoms. The summed E-state index contributed by atoms with van der Waals surface area (Å²) in [6.07, 6.45) is 5.25. The molecule has 3 rings (SSSR count). The van der Waals surface area contributed by atoms with Crippen molar-refractivity contribution < 1.29 is 9.53 Å². The summed E-state index contributed by atoms with van der Waals surface area (Å²) in [7, 11) is 1.78. The molecule has 0 unspecified atom stereocenters. The van der Waals surface area contributed by atoms with Crippen molar-refractivity contribution in [2.45, 2.75) is 6.54 Å². The Kier molecular flexibility index (Phi) is 4.73. The van der Waals surface area contributed by atoms with Crippen LogP contribution in [0.5, 0.6) is 5.75 Å². The molecule has 1 aromatic carbocycles. The van der Waals surface area contributed by atoms with Crippen LogP contribution in [0.2, 0.25) is 0 Å². The summed E-state index contributed by atoms with van der Waals surface area (Å²) in [5.74, 6) is 0.597. The van der Waals surface area contributed by atoms with Crippen LogP contribution in [0, 0.1) is 0 Å². The lowest BCUT2D eigenvalue weighted by atomic mass is 10.3. The zero-order valence-corrected chi connectivity index (χ0v) is 13.6. The molecule has 3 aromatic rings. The normalized spacial score (nSPS) is 10.5. The first kappa shape index (κ1) is 15.3. The Morgan fingerprint density at radius 2 is 2.22 bits per heavy atom. The third kappa shape index (κ3) is 3.78. The molecule has 0 atom stereocenters. The lowest BCUT2D eigenvalue weighted by Crippen LogP contribution is -2.30. The number of nitrogens with zero attached hydrogens (tertiary/aromatic N) is 3. The molecule has 0 radical (unpaired) electrons. The SMILES string of the molecule is CN(Cc1ccsc1)C(=O)COc1ccccc1-n1ccnc1. The number of ether oxygens (including phenoxy) is 1. The maximum atomic E-state index is 12.2. The molecule has 118 valence electrons. The Hall–Kier alpha value is -2.60. The molecule has 0 aliphatic rings. The number of para-hydroxylation sites is 2. The first-order chi connectivity index (χ1) is 11.2. The predicted octanol–water partition coefficient (Wildman–Crippen LogP) is 2.97. The van der Waals surface area contributed by atoms with Crippen LogP contribution in [0.1, 0.15) is 5.56 Å². The van der Waals surface area contributed by atoms with Gasteiger partial charge in [-0.3, -0.25) is 4.79 Å². The Labute approximate surface area is 138 Å². The Morgan fingerprint density at radius 1 is 1.35 bits per heavy atom. The van der Waals surface area contributed by atoms with Gasteiger partial charge in [0, 0.05) is 26.0 Å². The van der Waals surface area contributed by atoms with Crippen LogP contribution in [0.4, 0.5) is 0 Å². The van der Waals surface area contributed by atoms with E-state index in [1.165, 1.54) is 0 Å². The number of amides is 1. The van der Waals surface area contributed by atoms with Gasteiger partial charge in [-0.2, -0.15) is 11.3 Å². The third-order valence-electron chi connectivity index (χ3n) is 3.42. The van der Waals surface area contributed by atoms with Crippen molar-refractivity contribution in [3.05, 3.63) is 65.4 Å². The van der Waals surface area contributed by atoms with Crippen LogP contribution in [0.25, 0.3) is 5.69 Å². The Morgan fingerprint density at radius 3 is 2.96 bits per heavy atom. The van der Waals surface area contributed by atoms with Gasteiger partial charge in [0.05, 0.1) is 12.0 Å². The third-order valence-corrected chi connectivity index (χ3v) is 4.16. The maximum Gasteiger partial charge on any atom is 0.260 e. The smallest absolute Gasteiger partial charge is 0.260 e. The molecule has 2 heterocycles. The standard InChI is InChI=1S/C17H17N3O2S/c1-19(10-14-6-9-23-12-14)17(21)11-22-16-5-3-2-4-15(16)20-8-7-18-13-20/h2-9,12-13H,10-11H2,1H3. The molecule has 0 saturated carbocycles. The second-order valence-corrected chi connectivity index (χ2v) is 5.89. The number of hydrogen-bond acceptors (Lipinski definition) is 4. The molecule has 2 aromatic heterocycles. The first-order valence-electron chi connectivity index (χ1n) is 7.19. The van der Waals surface area contributed by atoms with Gasteiger partial charge in [-0.1, -0.05) is 12.1 Å². The molecule has 0 N–H and O–H groups in total. The highest BCUT2D eigenvalue weighted by Gasteiger charge is 2.12. The van der Waals surface area contributed by atoms with Gasteiger partial charge in [-0.15, -0.1) is 0 Å². The molecule has 0 aliphatic carbocycles. The number of carbonyl (C=O) groups excluding carboxylic acids is 1. The van der Waals surface area contributed by atoms with E-state index in [1.54, 1.807) is 35.8 Å². The van der Waals surface area contributed by atoms with Gasteiger partial charge in [0.2, 0.25) is 0 Å². The second-order valence-electron chi connectivity index (χ2n) is 5.11. The van der Waals surface area contributed by atoms with Crippen LogP contribution in [-0.4, -0.2) is 34.0 Å². The minimum atomic E-state index is -0.0587. The van der Waals surface area contributed by atoms with Gasteiger partial charge >= 0.3 is 0 Å². The molecule has 0 bridgehead atoms. The maximum absolute atomic E-state index is 12.2. The van der Waals surface area contributed by atoms with Crippen molar-refractivity contribution in [3.63, 3.8) is 0 Å². The molecule has 5 nitrogen and oxygen atoms in total. The van der Waals surface area contributed by atoms with Gasteiger partial charge in [0.15, 0.2) is 6.61 Å².